The minimum atomic E-state index is -1.58. The van der Waals surface area contributed by atoms with Crippen molar-refractivity contribution in [1.82, 2.24) is 5.32 Å². The lowest BCUT2D eigenvalue weighted by Crippen LogP contribution is -2.49. The highest BCUT2D eigenvalue weighted by atomic mass is 16.5. The molecule has 1 aliphatic rings. The number of alkyl carbamates (subject to hydrolysis) is 1. The van der Waals surface area contributed by atoms with Crippen LogP contribution in [0.3, 0.4) is 0 Å². The average Bonchev–Trinajstić information content (AvgIpc) is 3.06. The summed E-state index contributed by atoms with van der Waals surface area (Å²) in [5.41, 5.74) is 3.37. The van der Waals surface area contributed by atoms with Gasteiger partial charge in [0, 0.05) is 5.92 Å². The molecule has 2 N–H and O–H groups in total. The SMILES string of the molecule is C[C@](NC(=O)OCC1c2ccccc2-c2ccccc21)(C(=O)O)c1ccccc1. The van der Waals surface area contributed by atoms with Crippen LogP contribution in [0.25, 0.3) is 11.1 Å². The number of hydrogen-bond acceptors (Lipinski definition) is 3. The van der Waals surface area contributed by atoms with Gasteiger partial charge in [0.2, 0.25) is 0 Å². The van der Waals surface area contributed by atoms with Gasteiger partial charge in [-0.2, -0.15) is 0 Å². The molecule has 3 aromatic carbocycles. The number of aliphatic carboxylic acids is 1. The third-order valence-electron chi connectivity index (χ3n) is 5.47. The second kappa shape index (κ2) is 7.43. The summed E-state index contributed by atoms with van der Waals surface area (Å²) < 4.78 is 5.49. The lowest BCUT2D eigenvalue weighted by Gasteiger charge is -2.26. The summed E-state index contributed by atoms with van der Waals surface area (Å²) in [5.74, 6) is -1.24. The number of carbonyl (C=O) groups excluding carboxylic acids is 1. The van der Waals surface area contributed by atoms with Gasteiger partial charge in [-0.1, -0.05) is 78.9 Å². The number of carbonyl (C=O) groups is 2. The first-order valence-corrected chi connectivity index (χ1v) is 9.43. The van der Waals surface area contributed by atoms with Crippen LogP contribution in [0, 0.1) is 0 Å². The minimum absolute atomic E-state index is 0.0824. The molecule has 0 bridgehead atoms. The van der Waals surface area contributed by atoms with Crippen molar-refractivity contribution in [2.24, 2.45) is 0 Å². The average molecular weight is 387 g/mol. The maximum atomic E-state index is 12.5. The number of fused-ring (bicyclic) bond motifs is 3. The Morgan fingerprint density at radius 2 is 1.41 bits per heavy atom. The number of carboxylic acid groups (broad SMARTS) is 1. The van der Waals surface area contributed by atoms with E-state index in [4.69, 9.17) is 4.74 Å². The number of rotatable bonds is 5. The molecule has 4 rings (SSSR count). The van der Waals surface area contributed by atoms with E-state index in [1.807, 2.05) is 36.4 Å². The minimum Gasteiger partial charge on any atom is -0.479 e. The highest BCUT2D eigenvalue weighted by Crippen LogP contribution is 2.44. The van der Waals surface area contributed by atoms with Crippen LogP contribution < -0.4 is 5.32 Å². The van der Waals surface area contributed by atoms with E-state index in [1.54, 1.807) is 30.3 Å². The van der Waals surface area contributed by atoms with Crippen LogP contribution in [0.2, 0.25) is 0 Å². The van der Waals surface area contributed by atoms with E-state index >= 15 is 0 Å². The fraction of sp³-hybridized carbons (Fsp3) is 0.167. The van der Waals surface area contributed by atoms with Crippen molar-refractivity contribution in [2.45, 2.75) is 18.4 Å². The molecule has 146 valence electrons. The van der Waals surface area contributed by atoms with E-state index in [0.717, 1.165) is 22.3 Å². The molecular formula is C24H21NO4. The van der Waals surface area contributed by atoms with Gasteiger partial charge >= 0.3 is 12.1 Å². The Balaban J connectivity index is 1.52. The summed E-state index contributed by atoms with van der Waals surface area (Å²) in [4.78, 5) is 24.4. The maximum Gasteiger partial charge on any atom is 0.408 e. The predicted molar refractivity (Wildman–Crippen MR) is 110 cm³/mol. The number of ether oxygens (including phenoxy) is 1. The van der Waals surface area contributed by atoms with Crippen molar-refractivity contribution in [3.8, 4) is 11.1 Å². The first kappa shape index (κ1) is 18.7. The quantitative estimate of drug-likeness (QED) is 0.675. The van der Waals surface area contributed by atoms with Gasteiger partial charge in [0.1, 0.15) is 6.61 Å². The Morgan fingerprint density at radius 3 is 1.97 bits per heavy atom. The Morgan fingerprint density at radius 1 is 0.897 bits per heavy atom. The molecule has 1 atom stereocenters. The van der Waals surface area contributed by atoms with Crippen molar-refractivity contribution in [2.75, 3.05) is 6.61 Å². The molecule has 0 spiro atoms. The molecule has 1 amide bonds. The van der Waals surface area contributed by atoms with Crippen LogP contribution in [-0.4, -0.2) is 23.8 Å². The number of amides is 1. The summed E-state index contributed by atoms with van der Waals surface area (Å²) >= 11 is 0. The third kappa shape index (κ3) is 3.36. The largest absolute Gasteiger partial charge is 0.479 e. The van der Waals surface area contributed by atoms with E-state index in [9.17, 15) is 14.7 Å². The lowest BCUT2D eigenvalue weighted by atomic mass is 9.92. The van der Waals surface area contributed by atoms with Crippen molar-refractivity contribution in [3.63, 3.8) is 0 Å². The lowest BCUT2D eigenvalue weighted by molar-refractivity contribution is -0.144. The van der Waals surface area contributed by atoms with Crippen LogP contribution in [0.5, 0.6) is 0 Å². The second-order valence-corrected chi connectivity index (χ2v) is 7.25. The van der Waals surface area contributed by atoms with Gasteiger partial charge in [0.15, 0.2) is 5.54 Å². The van der Waals surface area contributed by atoms with E-state index in [0.29, 0.717) is 5.56 Å². The highest BCUT2D eigenvalue weighted by molar-refractivity contribution is 5.85. The molecule has 0 saturated carbocycles. The summed E-state index contributed by atoms with van der Waals surface area (Å²) in [5, 5.41) is 12.2. The van der Waals surface area contributed by atoms with Crippen molar-refractivity contribution in [1.29, 1.82) is 0 Å². The number of carboxylic acids is 1. The molecule has 5 heteroatoms. The Kier molecular flexibility index (Phi) is 4.80. The molecule has 0 aromatic heterocycles. The molecule has 0 aliphatic heterocycles. The Labute approximate surface area is 169 Å². The second-order valence-electron chi connectivity index (χ2n) is 7.25. The molecule has 0 saturated heterocycles. The van der Waals surface area contributed by atoms with E-state index in [2.05, 4.69) is 17.4 Å². The van der Waals surface area contributed by atoms with E-state index < -0.39 is 17.6 Å². The van der Waals surface area contributed by atoms with Crippen LogP contribution >= 0.6 is 0 Å². The molecular weight excluding hydrogens is 366 g/mol. The van der Waals surface area contributed by atoms with Gasteiger partial charge in [-0.3, -0.25) is 0 Å². The molecule has 0 fully saturated rings. The van der Waals surface area contributed by atoms with E-state index in [-0.39, 0.29) is 12.5 Å². The summed E-state index contributed by atoms with van der Waals surface area (Å²) in [7, 11) is 0. The zero-order valence-electron chi connectivity index (χ0n) is 16.0. The fourth-order valence-electron chi connectivity index (χ4n) is 3.86. The van der Waals surface area contributed by atoms with Crippen LogP contribution in [-0.2, 0) is 15.1 Å². The topological polar surface area (TPSA) is 75.6 Å². The molecule has 0 unspecified atom stereocenters. The van der Waals surface area contributed by atoms with Crippen LogP contribution in [0.4, 0.5) is 4.79 Å². The number of nitrogens with one attached hydrogen (secondary N) is 1. The Bertz CT molecular complexity index is 1020. The van der Waals surface area contributed by atoms with Gasteiger partial charge in [0.05, 0.1) is 0 Å². The summed E-state index contributed by atoms with van der Waals surface area (Å²) in [6.07, 6.45) is -0.763. The molecule has 5 nitrogen and oxygen atoms in total. The smallest absolute Gasteiger partial charge is 0.408 e. The highest BCUT2D eigenvalue weighted by Gasteiger charge is 2.38. The fourth-order valence-corrected chi connectivity index (χ4v) is 3.86. The van der Waals surface area contributed by atoms with Crippen LogP contribution in [0.15, 0.2) is 78.9 Å². The maximum absolute atomic E-state index is 12.5. The third-order valence-corrected chi connectivity index (χ3v) is 5.47. The van der Waals surface area contributed by atoms with Crippen molar-refractivity contribution >= 4 is 12.1 Å². The first-order chi connectivity index (χ1) is 14.0. The van der Waals surface area contributed by atoms with Gasteiger partial charge in [-0.15, -0.1) is 0 Å². The van der Waals surface area contributed by atoms with E-state index in [1.165, 1.54) is 6.92 Å². The normalized spacial score (nSPS) is 14.4. The van der Waals surface area contributed by atoms with Crippen molar-refractivity contribution in [3.05, 3.63) is 95.6 Å². The summed E-state index contributed by atoms with van der Waals surface area (Å²) in [6.45, 7) is 1.58. The standard InChI is InChI=1S/C24H21NO4/c1-24(22(26)27,16-9-3-2-4-10-16)25-23(28)29-15-21-19-13-7-5-11-17(19)18-12-6-8-14-20(18)21/h2-14,21H,15H2,1H3,(H,25,28)(H,26,27)/t24-/m1/s1. The van der Waals surface area contributed by atoms with Crippen LogP contribution in [0.1, 0.15) is 29.5 Å². The molecule has 0 radical (unpaired) electrons. The van der Waals surface area contributed by atoms with Gasteiger partial charge in [-0.05, 0) is 34.7 Å². The zero-order valence-corrected chi connectivity index (χ0v) is 16.0. The molecule has 29 heavy (non-hydrogen) atoms. The summed E-state index contributed by atoms with van der Waals surface area (Å²) in [6, 6.07) is 24.7. The molecule has 0 heterocycles. The number of benzene rings is 3. The first-order valence-electron chi connectivity index (χ1n) is 9.43. The molecule has 3 aromatic rings. The predicted octanol–water partition coefficient (Wildman–Crippen LogP) is 4.53. The monoisotopic (exact) mass is 387 g/mol. The van der Waals surface area contributed by atoms with Gasteiger partial charge < -0.3 is 15.2 Å². The number of hydrogen-bond donors (Lipinski definition) is 2. The molecule has 1 aliphatic carbocycles. The van der Waals surface area contributed by atoms with Gasteiger partial charge in [0.25, 0.3) is 0 Å². The Hall–Kier alpha value is -3.60. The van der Waals surface area contributed by atoms with Gasteiger partial charge in [-0.25, -0.2) is 9.59 Å². The zero-order chi connectivity index (χ0) is 20.4. The van der Waals surface area contributed by atoms with Crippen molar-refractivity contribution < 1.29 is 19.4 Å².